The summed E-state index contributed by atoms with van der Waals surface area (Å²) < 4.78 is 35.3. The number of nitrogens with zero attached hydrogens (tertiary/aromatic N) is 4. The number of fused-ring (bicyclic) bond motifs is 2. The average molecular weight is 447 g/mol. The standard InChI is InChI=1S/C23H34N4O3S/c1-2-27-22-10-9-19(31(28,29)26-12-14-30-15-13-26)16-20(22)24-23(27)17-25-11-5-7-18-6-3-4-8-21(18)25/h9-10,16,18,21H,2-8,11-15,17H2,1H3/t18-,21-/m1/s1. The molecular weight excluding hydrogens is 412 g/mol. The summed E-state index contributed by atoms with van der Waals surface area (Å²) in [5.74, 6) is 1.90. The van der Waals surface area contributed by atoms with Crippen molar-refractivity contribution in [1.29, 1.82) is 0 Å². The number of rotatable bonds is 5. The second-order valence-electron chi connectivity index (χ2n) is 9.16. The first-order valence-electron chi connectivity index (χ1n) is 11.9. The fraction of sp³-hybridized carbons (Fsp3) is 0.696. The lowest BCUT2D eigenvalue weighted by atomic mass is 9.78. The number of imidazole rings is 1. The van der Waals surface area contributed by atoms with E-state index < -0.39 is 10.0 Å². The normalized spacial score (nSPS) is 26.2. The first-order chi connectivity index (χ1) is 15.1. The van der Waals surface area contributed by atoms with Crippen LogP contribution >= 0.6 is 0 Å². The third-order valence-electron chi connectivity index (χ3n) is 7.43. The van der Waals surface area contributed by atoms with Crippen LogP contribution in [0.5, 0.6) is 0 Å². The van der Waals surface area contributed by atoms with Gasteiger partial charge < -0.3 is 9.30 Å². The maximum Gasteiger partial charge on any atom is 0.243 e. The van der Waals surface area contributed by atoms with Gasteiger partial charge in [-0.05, 0) is 63.3 Å². The van der Waals surface area contributed by atoms with Crippen molar-refractivity contribution in [2.45, 2.75) is 69.5 Å². The van der Waals surface area contributed by atoms with E-state index in [1.165, 1.54) is 42.8 Å². The van der Waals surface area contributed by atoms with Crippen LogP contribution in [0.4, 0.5) is 0 Å². The molecule has 2 atom stereocenters. The molecule has 2 aromatic rings. The Kier molecular flexibility index (Phi) is 6.07. The molecule has 2 aliphatic heterocycles. The molecule has 31 heavy (non-hydrogen) atoms. The topological polar surface area (TPSA) is 67.7 Å². The lowest BCUT2D eigenvalue weighted by Crippen LogP contribution is -2.46. The fourth-order valence-electron chi connectivity index (χ4n) is 5.84. The lowest BCUT2D eigenvalue weighted by molar-refractivity contribution is 0.0520. The lowest BCUT2D eigenvalue weighted by Gasteiger charge is -2.44. The Bertz CT molecular complexity index is 1030. The van der Waals surface area contributed by atoms with Gasteiger partial charge in [-0.15, -0.1) is 0 Å². The molecule has 5 rings (SSSR count). The molecule has 2 saturated heterocycles. The van der Waals surface area contributed by atoms with E-state index in [1.54, 1.807) is 12.1 Å². The minimum absolute atomic E-state index is 0.333. The summed E-state index contributed by atoms with van der Waals surface area (Å²) in [6, 6.07) is 6.12. The van der Waals surface area contributed by atoms with E-state index in [1.807, 2.05) is 6.07 Å². The van der Waals surface area contributed by atoms with Crippen molar-refractivity contribution in [3.63, 3.8) is 0 Å². The van der Waals surface area contributed by atoms with Gasteiger partial charge in [-0.2, -0.15) is 4.31 Å². The molecule has 1 aliphatic carbocycles. The second kappa shape index (κ2) is 8.81. The molecule has 3 aliphatic rings. The quantitative estimate of drug-likeness (QED) is 0.705. The summed E-state index contributed by atoms with van der Waals surface area (Å²) in [6.07, 6.45) is 8.03. The van der Waals surface area contributed by atoms with E-state index >= 15 is 0 Å². The minimum atomic E-state index is -3.51. The highest BCUT2D eigenvalue weighted by molar-refractivity contribution is 7.89. The number of likely N-dealkylation sites (tertiary alicyclic amines) is 1. The Balaban J connectivity index is 1.44. The highest BCUT2D eigenvalue weighted by Crippen LogP contribution is 2.36. The highest BCUT2D eigenvalue weighted by atomic mass is 32.2. The van der Waals surface area contributed by atoms with Gasteiger partial charge in [0.05, 0.1) is 35.7 Å². The summed E-state index contributed by atoms with van der Waals surface area (Å²) in [6.45, 7) is 6.70. The minimum Gasteiger partial charge on any atom is -0.379 e. The van der Waals surface area contributed by atoms with Crippen molar-refractivity contribution in [3.05, 3.63) is 24.0 Å². The van der Waals surface area contributed by atoms with Crippen LogP contribution in [0.1, 0.15) is 51.3 Å². The predicted octanol–water partition coefficient (Wildman–Crippen LogP) is 3.23. The molecule has 7 nitrogen and oxygen atoms in total. The van der Waals surface area contributed by atoms with Crippen LogP contribution in [0, 0.1) is 5.92 Å². The first-order valence-corrected chi connectivity index (χ1v) is 13.3. The van der Waals surface area contributed by atoms with E-state index in [0.717, 1.165) is 42.4 Å². The molecule has 1 aromatic carbocycles. The van der Waals surface area contributed by atoms with Gasteiger partial charge in [0.2, 0.25) is 10.0 Å². The summed E-state index contributed by atoms with van der Waals surface area (Å²) in [5, 5.41) is 0. The number of piperidine rings is 1. The van der Waals surface area contributed by atoms with Crippen LogP contribution < -0.4 is 0 Å². The third-order valence-corrected chi connectivity index (χ3v) is 9.32. The number of sulfonamides is 1. The van der Waals surface area contributed by atoms with Crippen LogP contribution in [0.15, 0.2) is 23.1 Å². The van der Waals surface area contributed by atoms with E-state index in [0.29, 0.717) is 37.2 Å². The Hall–Kier alpha value is -1.48. The summed E-state index contributed by atoms with van der Waals surface area (Å²) in [5.41, 5.74) is 1.80. The molecule has 3 fully saturated rings. The number of hydrogen-bond acceptors (Lipinski definition) is 5. The number of benzene rings is 1. The van der Waals surface area contributed by atoms with Crippen LogP contribution in [-0.4, -0.2) is 66.1 Å². The Morgan fingerprint density at radius 2 is 1.84 bits per heavy atom. The molecule has 8 heteroatoms. The number of aryl methyl sites for hydroxylation is 1. The third kappa shape index (κ3) is 4.03. The Morgan fingerprint density at radius 1 is 1.06 bits per heavy atom. The zero-order valence-corrected chi connectivity index (χ0v) is 19.3. The Labute approximate surface area is 185 Å². The van der Waals surface area contributed by atoms with Crippen LogP contribution in [0.2, 0.25) is 0 Å². The van der Waals surface area contributed by atoms with Gasteiger partial charge in [0.1, 0.15) is 5.82 Å². The molecule has 0 bridgehead atoms. The van der Waals surface area contributed by atoms with Crippen molar-refractivity contribution in [1.82, 2.24) is 18.8 Å². The smallest absolute Gasteiger partial charge is 0.243 e. The van der Waals surface area contributed by atoms with Gasteiger partial charge in [0, 0.05) is 25.7 Å². The first kappa shape index (κ1) is 21.4. The molecule has 0 radical (unpaired) electrons. The molecule has 1 aromatic heterocycles. The maximum atomic E-state index is 13.1. The summed E-state index contributed by atoms with van der Waals surface area (Å²) in [4.78, 5) is 7.93. The van der Waals surface area contributed by atoms with Gasteiger partial charge >= 0.3 is 0 Å². The van der Waals surface area contributed by atoms with Crippen LogP contribution in [0.25, 0.3) is 11.0 Å². The number of ether oxygens (including phenoxy) is 1. The molecule has 0 N–H and O–H groups in total. The molecule has 1 saturated carbocycles. The molecule has 0 unspecified atom stereocenters. The predicted molar refractivity (Wildman–Crippen MR) is 120 cm³/mol. The van der Waals surface area contributed by atoms with Gasteiger partial charge in [0.25, 0.3) is 0 Å². The monoisotopic (exact) mass is 446 g/mol. The Morgan fingerprint density at radius 3 is 2.65 bits per heavy atom. The molecule has 170 valence electrons. The van der Waals surface area contributed by atoms with Crippen molar-refractivity contribution in [3.8, 4) is 0 Å². The number of morpholine rings is 1. The van der Waals surface area contributed by atoms with Crippen LogP contribution in [-0.2, 0) is 27.8 Å². The maximum absolute atomic E-state index is 13.1. The summed E-state index contributed by atoms with van der Waals surface area (Å²) in [7, 11) is -3.51. The largest absolute Gasteiger partial charge is 0.379 e. The highest BCUT2D eigenvalue weighted by Gasteiger charge is 2.34. The van der Waals surface area contributed by atoms with Gasteiger partial charge in [-0.3, -0.25) is 4.90 Å². The van der Waals surface area contributed by atoms with E-state index in [4.69, 9.17) is 9.72 Å². The molecule has 3 heterocycles. The molecule has 0 amide bonds. The van der Waals surface area contributed by atoms with E-state index in [2.05, 4.69) is 16.4 Å². The zero-order chi connectivity index (χ0) is 21.4. The van der Waals surface area contributed by atoms with Crippen molar-refractivity contribution in [2.75, 3.05) is 32.8 Å². The van der Waals surface area contributed by atoms with Gasteiger partial charge in [-0.25, -0.2) is 13.4 Å². The molecular formula is C23H34N4O3S. The zero-order valence-electron chi connectivity index (χ0n) is 18.5. The van der Waals surface area contributed by atoms with Gasteiger partial charge in [-0.1, -0.05) is 12.8 Å². The fourth-order valence-corrected chi connectivity index (χ4v) is 7.26. The van der Waals surface area contributed by atoms with E-state index in [-0.39, 0.29) is 0 Å². The second-order valence-corrected chi connectivity index (χ2v) is 11.1. The van der Waals surface area contributed by atoms with Crippen molar-refractivity contribution >= 4 is 21.1 Å². The van der Waals surface area contributed by atoms with E-state index in [9.17, 15) is 8.42 Å². The average Bonchev–Trinajstić information content (AvgIpc) is 3.16. The summed E-state index contributed by atoms with van der Waals surface area (Å²) >= 11 is 0. The van der Waals surface area contributed by atoms with Crippen LogP contribution in [0.3, 0.4) is 0 Å². The van der Waals surface area contributed by atoms with Crippen molar-refractivity contribution < 1.29 is 13.2 Å². The van der Waals surface area contributed by atoms with Crippen molar-refractivity contribution in [2.24, 2.45) is 5.92 Å². The SMILES string of the molecule is CCn1c(CN2CCC[C@H]3CCCC[C@H]32)nc2cc(S(=O)(=O)N3CCOCC3)ccc21. The van der Waals surface area contributed by atoms with Gasteiger partial charge in [0.15, 0.2) is 0 Å². The molecule has 0 spiro atoms. The number of hydrogen-bond donors (Lipinski definition) is 0. The number of aromatic nitrogens is 2.